The fraction of sp³-hybridized carbons (Fsp3) is 0.615. The quantitative estimate of drug-likeness (QED) is 0.746. The van der Waals surface area contributed by atoms with Crippen molar-refractivity contribution in [2.24, 2.45) is 5.92 Å². The minimum atomic E-state index is -1.04. The van der Waals surface area contributed by atoms with Crippen molar-refractivity contribution in [1.29, 1.82) is 0 Å². The van der Waals surface area contributed by atoms with Gasteiger partial charge < -0.3 is 20.4 Å². The fourth-order valence-electron chi connectivity index (χ4n) is 2.44. The van der Waals surface area contributed by atoms with E-state index in [-0.39, 0.29) is 24.4 Å². The molecular weight excluding hydrogens is 294 g/mol. The highest BCUT2D eigenvalue weighted by atomic mass is 32.1. The molecule has 116 valence electrons. The van der Waals surface area contributed by atoms with Gasteiger partial charge in [0, 0.05) is 24.9 Å². The first-order valence-electron chi connectivity index (χ1n) is 6.86. The molecule has 1 aliphatic heterocycles. The number of aliphatic hydroxyl groups excluding tert-OH is 1. The molecule has 2 atom stereocenters. The average molecular weight is 313 g/mol. The van der Waals surface area contributed by atoms with Gasteiger partial charge in [0.05, 0.1) is 17.7 Å². The second-order valence-electron chi connectivity index (χ2n) is 5.12. The third-order valence-corrected chi connectivity index (χ3v) is 4.62. The van der Waals surface area contributed by atoms with Crippen LogP contribution in [-0.2, 0) is 6.42 Å². The molecule has 2 rings (SSSR count). The van der Waals surface area contributed by atoms with Crippen LogP contribution in [0.3, 0.4) is 0 Å². The number of hydrogen-bond donors (Lipinski definition) is 3. The minimum absolute atomic E-state index is 0.0248. The predicted molar refractivity (Wildman–Crippen MR) is 77.5 cm³/mol. The summed E-state index contributed by atoms with van der Waals surface area (Å²) in [5.41, 5.74) is 0.0371. The van der Waals surface area contributed by atoms with Crippen molar-refractivity contribution in [3.63, 3.8) is 0 Å². The summed E-state index contributed by atoms with van der Waals surface area (Å²) in [5, 5.41) is 23.1. The number of nitrogens with zero attached hydrogens (tertiary/aromatic N) is 2. The van der Waals surface area contributed by atoms with Gasteiger partial charge in [0.2, 0.25) is 0 Å². The van der Waals surface area contributed by atoms with E-state index in [1.54, 1.807) is 4.90 Å². The van der Waals surface area contributed by atoms with E-state index in [1.165, 1.54) is 16.7 Å². The van der Waals surface area contributed by atoms with Gasteiger partial charge in [-0.15, -0.1) is 11.3 Å². The van der Waals surface area contributed by atoms with Gasteiger partial charge >= 0.3 is 12.0 Å². The van der Waals surface area contributed by atoms with Crippen LogP contribution < -0.4 is 5.32 Å². The summed E-state index contributed by atoms with van der Waals surface area (Å²) >= 11 is 1.27. The Morgan fingerprint density at radius 3 is 2.95 bits per heavy atom. The maximum atomic E-state index is 12.1. The number of amides is 2. The lowest BCUT2D eigenvalue weighted by Crippen LogP contribution is -2.46. The van der Waals surface area contributed by atoms with Gasteiger partial charge in [0.25, 0.3) is 0 Å². The third kappa shape index (κ3) is 3.70. The molecule has 21 heavy (non-hydrogen) atoms. The number of carbonyl (C=O) groups is 2. The van der Waals surface area contributed by atoms with E-state index in [2.05, 4.69) is 10.3 Å². The van der Waals surface area contributed by atoms with Crippen molar-refractivity contribution in [1.82, 2.24) is 15.2 Å². The van der Waals surface area contributed by atoms with Gasteiger partial charge in [-0.2, -0.15) is 0 Å². The molecule has 1 saturated heterocycles. The summed E-state index contributed by atoms with van der Waals surface area (Å²) in [6, 6.07) is -0.308. The molecule has 0 aliphatic carbocycles. The fourth-order valence-corrected chi connectivity index (χ4v) is 3.21. The number of aliphatic hydroxyl groups is 1. The monoisotopic (exact) mass is 313 g/mol. The lowest BCUT2D eigenvalue weighted by Gasteiger charge is -2.25. The average Bonchev–Trinajstić information content (AvgIpc) is 3.05. The smallest absolute Gasteiger partial charge is 0.355 e. The summed E-state index contributed by atoms with van der Waals surface area (Å²) in [6.45, 7) is 3.05. The number of aromatic nitrogens is 1. The highest BCUT2D eigenvalue weighted by molar-refractivity contribution is 7.09. The van der Waals surface area contributed by atoms with Crippen molar-refractivity contribution in [3.8, 4) is 0 Å². The van der Waals surface area contributed by atoms with Crippen LogP contribution in [0.5, 0.6) is 0 Å². The van der Waals surface area contributed by atoms with Gasteiger partial charge in [-0.05, 0) is 12.3 Å². The second-order valence-corrected chi connectivity index (χ2v) is 6.07. The number of likely N-dealkylation sites (tertiary alicyclic amines) is 1. The van der Waals surface area contributed by atoms with Crippen molar-refractivity contribution < 1.29 is 19.8 Å². The van der Waals surface area contributed by atoms with Gasteiger partial charge in [-0.3, -0.25) is 0 Å². The van der Waals surface area contributed by atoms with Crippen molar-refractivity contribution >= 4 is 23.3 Å². The number of carbonyl (C=O) groups excluding carboxylic acids is 1. The number of rotatable bonds is 5. The van der Waals surface area contributed by atoms with Crippen LogP contribution in [0.2, 0.25) is 0 Å². The minimum Gasteiger partial charge on any atom is -0.476 e. The SMILES string of the molecule is CC1CCN(C(=O)NCCc2nc(C(=O)O)cs2)C1CO. The van der Waals surface area contributed by atoms with Crippen LogP contribution in [-0.4, -0.2) is 57.8 Å². The normalized spacial score (nSPS) is 21.5. The molecule has 0 saturated carbocycles. The highest BCUT2D eigenvalue weighted by Gasteiger charge is 2.33. The van der Waals surface area contributed by atoms with E-state index in [1.807, 2.05) is 6.92 Å². The summed E-state index contributed by atoms with van der Waals surface area (Å²) in [4.78, 5) is 28.4. The number of thiazole rings is 1. The number of nitrogens with one attached hydrogen (secondary N) is 1. The van der Waals surface area contributed by atoms with Crippen molar-refractivity contribution in [2.45, 2.75) is 25.8 Å². The third-order valence-electron chi connectivity index (χ3n) is 3.72. The van der Waals surface area contributed by atoms with Crippen LogP contribution in [0, 0.1) is 5.92 Å². The molecule has 3 N–H and O–H groups in total. The highest BCUT2D eigenvalue weighted by Crippen LogP contribution is 2.23. The summed E-state index contributed by atoms with van der Waals surface area (Å²) in [7, 11) is 0. The molecule has 7 nitrogen and oxygen atoms in total. The van der Waals surface area contributed by atoms with Gasteiger partial charge in [0.1, 0.15) is 0 Å². The molecule has 0 bridgehead atoms. The number of carboxylic acids is 1. The zero-order valence-corrected chi connectivity index (χ0v) is 12.6. The Bertz CT molecular complexity index is 519. The van der Waals surface area contributed by atoms with E-state index in [9.17, 15) is 14.7 Å². The molecule has 0 spiro atoms. The van der Waals surface area contributed by atoms with Crippen LogP contribution in [0.4, 0.5) is 4.79 Å². The number of hydrogen-bond acceptors (Lipinski definition) is 5. The number of carboxylic acid groups (broad SMARTS) is 1. The molecule has 2 amide bonds. The Hall–Kier alpha value is -1.67. The second kappa shape index (κ2) is 6.86. The lowest BCUT2D eigenvalue weighted by atomic mass is 10.0. The van der Waals surface area contributed by atoms with Crippen LogP contribution in [0.1, 0.15) is 28.8 Å². The van der Waals surface area contributed by atoms with Crippen molar-refractivity contribution in [3.05, 3.63) is 16.1 Å². The molecule has 2 heterocycles. The standard InChI is InChI=1S/C13H19N3O4S/c1-8-3-5-16(10(8)6-17)13(20)14-4-2-11-15-9(7-21-11)12(18)19/h7-8,10,17H,2-6H2,1H3,(H,14,20)(H,18,19). The predicted octanol–water partition coefficient (Wildman–Crippen LogP) is 0.796. The Morgan fingerprint density at radius 2 is 2.33 bits per heavy atom. The van der Waals surface area contributed by atoms with E-state index in [0.717, 1.165) is 6.42 Å². The number of aromatic carboxylic acids is 1. The zero-order valence-electron chi connectivity index (χ0n) is 11.8. The summed E-state index contributed by atoms with van der Waals surface area (Å²) in [5.74, 6) is -0.740. The van der Waals surface area contributed by atoms with Crippen LogP contribution >= 0.6 is 11.3 Å². The van der Waals surface area contributed by atoms with Crippen LogP contribution in [0.25, 0.3) is 0 Å². The van der Waals surface area contributed by atoms with Crippen molar-refractivity contribution in [2.75, 3.05) is 19.7 Å². The molecular formula is C13H19N3O4S. The Balaban J connectivity index is 1.80. The van der Waals surface area contributed by atoms with E-state index < -0.39 is 5.97 Å². The molecule has 0 aromatic carbocycles. The molecule has 2 unspecified atom stereocenters. The molecule has 0 radical (unpaired) electrons. The molecule has 1 aromatic heterocycles. The Kier molecular flexibility index (Phi) is 5.13. The van der Waals surface area contributed by atoms with Gasteiger partial charge in [-0.25, -0.2) is 14.6 Å². The first kappa shape index (κ1) is 15.7. The van der Waals surface area contributed by atoms with E-state index in [4.69, 9.17) is 5.11 Å². The van der Waals surface area contributed by atoms with Gasteiger partial charge in [-0.1, -0.05) is 6.92 Å². The zero-order chi connectivity index (χ0) is 15.4. The van der Waals surface area contributed by atoms with Crippen LogP contribution in [0.15, 0.2) is 5.38 Å². The molecule has 1 aliphatic rings. The first-order chi connectivity index (χ1) is 10.0. The Labute approximate surface area is 126 Å². The summed E-state index contributed by atoms with van der Waals surface area (Å²) < 4.78 is 0. The maximum absolute atomic E-state index is 12.1. The molecule has 1 aromatic rings. The lowest BCUT2D eigenvalue weighted by molar-refractivity contribution is 0.0691. The number of urea groups is 1. The largest absolute Gasteiger partial charge is 0.476 e. The summed E-state index contributed by atoms with van der Waals surface area (Å²) in [6.07, 6.45) is 1.39. The first-order valence-corrected chi connectivity index (χ1v) is 7.74. The van der Waals surface area contributed by atoms with E-state index in [0.29, 0.717) is 30.4 Å². The maximum Gasteiger partial charge on any atom is 0.355 e. The van der Waals surface area contributed by atoms with E-state index >= 15 is 0 Å². The molecule has 1 fully saturated rings. The van der Waals surface area contributed by atoms with Gasteiger partial charge in [0.15, 0.2) is 5.69 Å². The topological polar surface area (TPSA) is 103 Å². The Morgan fingerprint density at radius 1 is 1.57 bits per heavy atom. The molecule has 8 heteroatoms.